The summed E-state index contributed by atoms with van der Waals surface area (Å²) in [5.41, 5.74) is 1.08. The molecule has 3 aliphatic heterocycles. The number of hydrogen-bond acceptors (Lipinski definition) is 6. The molecule has 0 saturated carbocycles. The van der Waals surface area contributed by atoms with Gasteiger partial charge in [0, 0.05) is 0 Å². The molecule has 3 fully saturated rings. The van der Waals surface area contributed by atoms with Crippen LogP contribution in [0, 0.1) is 0 Å². The van der Waals surface area contributed by atoms with Crippen LogP contribution in [0.25, 0.3) is 0 Å². The summed E-state index contributed by atoms with van der Waals surface area (Å²) in [7, 11) is 0. The van der Waals surface area contributed by atoms with E-state index < -0.39 is 23.5 Å². The summed E-state index contributed by atoms with van der Waals surface area (Å²) in [6.45, 7) is 8.69. The molecule has 3 aliphatic rings. The molecule has 1 aromatic carbocycles. The van der Waals surface area contributed by atoms with E-state index in [4.69, 9.17) is 28.4 Å². The van der Waals surface area contributed by atoms with Crippen LogP contribution in [0.4, 0.5) is 0 Å². The predicted octanol–water partition coefficient (Wildman–Crippen LogP) is 2.60. The first-order valence-electron chi connectivity index (χ1n) is 8.78. The maximum Gasteiger partial charge on any atom is 0.224 e. The summed E-state index contributed by atoms with van der Waals surface area (Å²) in [6.07, 6.45) is -0.909. The molecule has 0 radical (unpaired) electrons. The van der Waals surface area contributed by atoms with Crippen molar-refractivity contribution in [3.63, 3.8) is 0 Å². The molecule has 0 amide bonds. The maximum atomic E-state index is 6.27. The molecule has 0 bridgehead atoms. The fourth-order valence-electron chi connectivity index (χ4n) is 3.75. The molecule has 4 atom stereocenters. The van der Waals surface area contributed by atoms with E-state index in [1.807, 2.05) is 58.0 Å². The van der Waals surface area contributed by atoms with Crippen molar-refractivity contribution in [3.8, 4) is 0 Å². The number of ether oxygens (including phenoxy) is 6. The zero-order valence-corrected chi connectivity index (χ0v) is 15.2. The largest absolute Gasteiger partial charge is 0.365 e. The highest BCUT2D eigenvalue weighted by atomic mass is 16.9. The van der Waals surface area contributed by atoms with Gasteiger partial charge in [-0.2, -0.15) is 0 Å². The average molecular weight is 350 g/mol. The Morgan fingerprint density at radius 3 is 2.44 bits per heavy atom. The topological polar surface area (TPSA) is 55.4 Å². The van der Waals surface area contributed by atoms with E-state index in [2.05, 4.69) is 0 Å². The highest BCUT2D eigenvalue weighted by Gasteiger charge is 2.63. The van der Waals surface area contributed by atoms with E-state index in [9.17, 15) is 0 Å². The van der Waals surface area contributed by atoms with Gasteiger partial charge in [-0.15, -0.1) is 0 Å². The first-order chi connectivity index (χ1) is 11.8. The lowest BCUT2D eigenvalue weighted by Gasteiger charge is -2.43. The predicted molar refractivity (Wildman–Crippen MR) is 88.6 cm³/mol. The van der Waals surface area contributed by atoms with Crippen molar-refractivity contribution in [1.82, 2.24) is 0 Å². The van der Waals surface area contributed by atoms with Gasteiger partial charge in [0.25, 0.3) is 0 Å². The Kier molecular flexibility index (Phi) is 4.18. The molecular formula is C19H26O6. The molecule has 1 aromatic rings. The molecule has 138 valence electrons. The third-order valence-corrected chi connectivity index (χ3v) is 4.76. The molecule has 6 nitrogen and oxygen atoms in total. The minimum atomic E-state index is -0.983. The molecule has 0 unspecified atom stereocenters. The Morgan fingerprint density at radius 2 is 1.76 bits per heavy atom. The van der Waals surface area contributed by atoms with Crippen LogP contribution in [0.15, 0.2) is 30.3 Å². The van der Waals surface area contributed by atoms with Gasteiger partial charge in [-0.25, -0.2) is 0 Å². The van der Waals surface area contributed by atoms with Crippen LogP contribution >= 0.6 is 0 Å². The second-order valence-corrected chi connectivity index (χ2v) is 7.77. The Hall–Kier alpha value is -1.02. The first kappa shape index (κ1) is 17.4. The summed E-state index contributed by atoms with van der Waals surface area (Å²) < 4.78 is 36.4. The van der Waals surface area contributed by atoms with Crippen molar-refractivity contribution in [2.24, 2.45) is 0 Å². The SMILES string of the molecule is CC1(C)O[C@@H]2[C@@H](CO[C@]3(COC(C)(C)O3)[C@H]2OCc2ccccc2)O1. The minimum Gasteiger partial charge on any atom is -0.365 e. The van der Waals surface area contributed by atoms with Gasteiger partial charge in [-0.05, 0) is 33.3 Å². The third kappa shape index (κ3) is 3.35. The van der Waals surface area contributed by atoms with E-state index in [0.29, 0.717) is 19.8 Å². The molecule has 3 heterocycles. The zero-order valence-electron chi connectivity index (χ0n) is 15.2. The Balaban J connectivity index is 1.58. The van der Waals surface area contributed by atoms with E-state index >= 15 is 0 Å². The molecule has 25 heavy (non-hydrogen) atoms. The van der Waals surface area contributed by atoms with Gasteiger partial charge in [0.15, 0.2) is 11.6 Å². The lowest BCUT2D eigenvalue weighted by atomic mass is 9.97. The van der Waals surface area contributed by atoms with Gasteiger partial charge in [0.05, 0.1) is 13.2 Å². The van der Waals surface area contributed by atoms with Crippen molar-refractivity contribution in [3.05, 3.63) is 35.9 Å². The maximum absolute atomic E-state index is 6.27. The molecule has 3 saturated heterocycles. The van der Waals surface area contributed by atoms with Crippen molar-refractivity contribution >= 4 is 0 Å². The first-order valence-corrected chi connectivity index (χ1v) is 8.78. The fourth-order valence-corrected chi connectivity index (χ4v) is 3.75. The van der Waals surface area contributed by atoms with Crippen molar-refractivity contribution < 1.29 is 28.4 Å². The molecule has 1 spiro atoms. The molecular weight excluding hydrogens is 324 g/mol. The van der Waals surface area contributed by atoms with E-state index in [-0.39, 0.29) is 12.2 Å². The number of rotatable bonds is 3. The second kappa shape index (κ2) is 6.01. The summed E-state index contributed by atoms with van der Waals surface area (Å²) in [5, 5.41) is 0. The van der Waals surface area contributed by atoms with Crippen LogP contribution < -0.4 is 0 Å². The van der Waals surface area contributed by atoms with Crippen LogP contribution in [-0.2, 0) is 35.0 Å². The number of hydrogen-bond donors (Lipinski definition) is 0. The normalized spacial score (nSPS) is 38.8. The Morgan fingerprint density at radius 1 is 1.00 bits per heavy atom. The molecule has 0 aromatic heterocycles. The van der Waals surface area contributed by atoms with Gasteiger partial charge in [0.1, 0.15) is 24.9 Å². The van der Waals surface area contributed by atoms with Gasteiger partial charge in [0.2, 0.25) is 5.79 Å². The monoisotopic (exact) mass is 350 g/mol. The Labute approximate surface area is 148 Å². The smallest absolute Gasteiger partial charge is 0.224 e. The van der Waals surface area contributed by atoms with Crippen LogP contribution in [0.5, 0.6) is 0 Å². The quantitative estimate of drug-likeness (QED) is 0.835. The summed E-state index contributed by atoms with van der Waals surface area (Å²) in [5.74, 6) is -2.38. The van der Waals surface area contributed by atoms with E-state index in [1.165, 1.54) is 0 Å². The van der Waals surface area contributed by atoms with Crippen LogP contribution in [0.3, 0.4) is 0 Å². The number of fused-ring (bicyclic) bond motifs is 1. The highest BCUT2D eigenvalue weighted by Crippen LogP contribution is 2.45. The summed E-state index contributed by atoms with van der Waals surface area (Å²) in [6, 6.07) is 10.0. The third-order valence-electron chi connectivity index (χ3n) is 4.76. The lowest BCUT2D eigenvalue weighted by Crippen LogP contribution is -2.62. The lowest BCUT2D eigenvalue weighted by molar-refractivity contribution is -0.336. The van der Waals surface area contributed by atoms with Gasteiger partial charge >= 0.3 is 0 Å². The number of benzene rings is 1. The summed E-state index contributed by atoms with van der Waals surface area (Å²) in [4.78, 5) is 0. The van der Waals surface area contributed by atoms with Gasteiger partial charge in [-0.1, -0.05) is 30.3 Å². The summed E-state index contributed by atoms with van der Waals surface area (Å²) >= 11 is 0. The average Bonchev–Trinajstić information content (AvgIpc) is 3.03. The van der Waals surface area contributed by atoms with Crippen LogP contribution in [0.1, 0.15) is 33.3 Å². The Bertz CT molecular complexity index is 614. The van der Waals surface area contributed by atoms with E-state index in [1.54, 1.807) is 0 Å². The molecule has 0 aliphatic carbocycles. The standard InChI is InChI=1S/C19H26O6/c1-17(2)22-12-19(25-17)16(20-10-13-8-6-5-7-9-13)15-14(11-21-19)23-18(3,4)24-15/h5-9,14-16H,10-12H2,1-4H3/t14-,15-,16+,19+/m1/s1. The van der Waals surface area contributed by atoms with E-state index in [0.717, 1.165) is 5.56 Å². The zero-order chi connectivity index (χ0) is 17.7. The fraction of sp³-hybridized carbons (Fsp3) is 0.684. The van der Waals surface area contributed by atoms with Crippen molar-refractivity contribution in [1.29, 1.82) is 0 Å². The van der Waals surface area contributed by atoms with Crippen LogP contribution in [0.2, 0.25) is 0 Å². The van der Waals surface area contributed by atoms with Crippen LogP contribution in [-0.4, -0.2) is 48.9 Å². The molecule has 6 heteroatoms. The van der Waals surface area contributed by atoms with Crippen molar-refractivity contribution in [2.75, 3.05) is 13.2 Å². The highest BCUT2D eigenvalue weighted by molar-refractivity contribution is 5.14. The second-order valence-electron chi connectivity index (χ2n) is 7.77. The molecule has 0 N–H and O–H groups in total. The van der Waals surface area contributed by atoms with Crippen molar-refractivity contribution in [2.45, 2.75) is 70.0 Å². The molecule has 4 rings (SSSR count). The minimum absolute atomic E-state index is 0.186. The van der Waals surface area contributed by atoms with Gasteiger partial charge in [-0.3, -0.25) is 0 Å². The van der Waals surface area contributed by atoms with Gasteiger partial charge < -0.3 is 28.4 Å².